The second kappa shape index (κ2) is 6.76. The van der Waals surface area contributed by atoms with Crippen molar-refractivity contribution in [2.45, 2.75) is 26.3 Å². The van der Waals surface area contributed by atoms with E-state index in [1.54, 1.807) is 6.92 Å². The van der Waals surface area contributed by atoms with Crippen molar-refractivity contribution in [3.63, 3.8) is 0 Å². The quantitative estimate of drug-likeness (QED) is 0.833. The number of benzene rings is 2. The van der Waals surface area contributed by atoms with Crippen LogP contribution in [0.15, 0.2) is 46.9 Å². The van der Waals surface area contributed by atoms with Crippen molar-refractivity contribution in [2.24, 2.45) is 0 Å². The second-order valence-corrected chi connectivity index (χ2v) is 5.97. The monoisotopic (exact) mass is 347 g/mol. The van der Waals surface area contributed by atoms with Crippen molar-refractivity contribution in [1.82, 2.24) is 0 Å². The lowest BCUT2D eigenvalue weighted by atomic mass is 10.00. The number of anilines is 1. The van der Waals surface area contributed by atoms with Gasteiger partial charge >= 0.3 is 5.97 Å². The lowest BCUT2D eigenvalue weighted by molar-refractivity contribution is -0.138. The van der Waals surface area contributed by atoms with Crippen LogP contribution < -0.4 is 5.32 Å². The summed E-state index contributed by atoms with van der Waals surface area (Å²) in [5.74, 6) is -1.27. The molecule has 0 radical (unpaired) electrons. The highest BCUT2D eigenvalue weighted by Gasteiger charge is 2.12. The molecule has 0 bridgehead atoms. The van der Waals surface area contributed by atoms with Crippen molar-refractivity contribution in [3.8, 4) is 0 Å². The van der Waals surface area contributed by atoms with Gasteiger partial charge in [0.15, 0.2) is 0 Å². The molecular formula is C17H18BrNO2. The highest BCUT2D eigenvalue weighted by Crippen LogP contribution is 2.21. The summed E-state index contributed by atoms with van der Waals surface area (Å²) in [5, 5.41) is 12.3. The van der Waals surface area contributed by atoms with E-state index in [1.165, 1.54) is 5.56 Å². The first kappa shape index (κ1) is 15.6. The summed E-state index contributed by atoms with van der Waals surface area (Å²) < 4.78 is 1.08. The third-order valence-corrected chi connectivity index (χ3v) is 4.37. The zero-order valence-corrected chi connectivity index (χ0v) is 13.6. The number of carbonyl (C=O) groups is 1. The van der Waals surface area contributed by atoms with Gasteiger partial charge in [-0.05, 0) is 42.7 Å². The Hall–Kier alpha value is -1.81. The maximum atomic E-state index is 10.9. The lowest BCUT2D eigenvalue weighted by Crippen LogP contribution is -2.07. The van der Waals surface area contributed by atoms with Crippen molar-refractivity contribution in [2.75, 3.05) is 5.32 Å². The van der Waals surface area contributed by atoms with Crippen LogP contribution in [0.3, 0.4) is 0 Å². The highest BCUT2D eigenvalue weighted by atomic mass is 79.9. The molecule has 0 aliphatic heterocycles. The topological polar surface area (TPSA) is 49.3 Å². The van der Waals surface area contributed by atoms with E-state index in [4.69, 9.17) is 5.11 Å². The molecule has 110 valence electrons. The van der Waals surface area contributed by atoms with Gasteiger partial charge in [-0.2, -0.15) is 0 Å². The minimum Gasteiger partial charge on any atom is -0.481 e. The van der Waals surface area contributed by atoms with Crippen LogP contribution in [0.2, 0.25) is 0 Å². The number of aliphatic carboxylic acids is 1. The average Bonchev–Trinajstić information content (AvgIpc) is 2.48. The third kappa shape index (κ3) is 4.08. The second-order valence-electron chi connectivity index (χ2n) is 5.12. The Balaban J connectivity index is 2.00. The number of hydrogen-bond acceptors (Lipinski definition) is 2. The van der Waals surface area contributed by atoms with E-state index in [0.29, 0.717) is 6.54 Å². The average molecular weight is 348 g/mol. The maximum absolute atomic E-state index is 10.9. The normalized spacial score (nSPS) is 12.0. The SMILES string of the molecule is Cc1ccc(NCc2ccc(C(C)C(=O)O)cc2)cc1Br. The minimum absolute atomic E-state index is 0.472. The molecule has 1 atom stereocenters. The van der Waals surface area contributed by atoms with E-state index in [0.717, 1.165) is 21.3 Å². The minimum atomic E-state index is -0.801. The van der Waals surface area contributed by atoms with Crippen molar-refractivity contribution in [1.29, 1.82) is 0 Å². The van der Waals surface area contributed by atoms with Gasteiger partial charge in [-0.1, -0.05) is 46.3 Å². The fourth-order valence-corrected chi connectivity index (χ4v) is 2.35. The van der Waals surface area contributed by atoms with Crippen molar-refractivity contribution < 1.29 is 9.90 Å². The van der Waals surface area contributed by atoms with E-state index in [9.17, 15) is 4.79 Å². The third-order valence-electron chi connectivity index (χ3n) is 3.52. The smallest absolute Gasteiger partial charge is 0.310 e. The maximum Gasteiger partial charge on any atom is 0.310 e. The molecular weight excluding hydrogens is 330 g/mol. The zero-order chi connectivity index (χ0) is 15.4. The molecule has 0 saturated carbocycles. The summed E-state index contributed by atoms with van der Waals surface area (Å²) >= 11 is 3.52. The number of carboxylic acids is 1. The van der Waals surface area contributed by atoms with Gasteiger partial charge in [0.1, 0.15) is 0 Å². The molecule has 0 heterocycles. The fraction of sp³-hybridized carbons (Fsp3) is 0.235. The Labute approximate surface area is 133 Å². The first-order chi connectivity index (χ1) is 9.97. The van der Waals surface area contributed by atoms with Gasteiger partial charge in [0.05, 0.1) is 5.92 Å². The van der Waals surface area contributed by atoms with Crippen LogP contribution in [-0.4, -0.2) is 11.1 Å². The number of nitrogens with one attached hydrogen (secondary N) is 1. The summed E-state index contributed by atoms with van der Waals surface area (Å²) in [4.78, 5) is 10.9. The van der Waals surface area contributed by atoms with E-state index < -0.39 is 11.9 Å². The Bertz CT molecular complexity index is 638. The number of rotatable bonds is 5. The van der Waals surface area contributed by atoms with Crippen LogP contribution in [0, 0.1) is 6.92 Å². The van der Waals surface area contributed by atoms with Gasteiger partial charge < -0.3 is 10.4 Å². The number of carboxylic acid groups (broad SMARTS) is 1. The van der Waals surface area contributed by atoms with Crippen LogP contribution in [-0.2, 0) is 11.3 Å². The summed E-state index contributed by atoms with van der Waals surface area (Å²) in [6, 6.07) is 13.8. The van der Waals surface area contributed by atoms with Crippen LogP contribution >= 0.6 is 15.9 Å². The molecule has 2 N–H and O–H groups in total. The first-order valence-corrected chi connectivity index (χ1v) is 7.58. The van der Waals surface area contributed by atoms with Crippen LogP contribution in [0.1, 0.15) is 29.5 Å². The standard InChI is InChI=1S/C17H18BrNO2/c1-11-3-8-15(9-16(11)18)19-10-13-4-6-14(7-5-13)12(2)17(20)21/h3-9,12,19H,10H2,1-2H3,(H,20,21). The molecule has 21 heavy (non-hydrogen) atoms. The highest BCUT2D eigenvalue weighted by molar-refractivity contribution is 9.10. The molecule has 0 fully saturated rings. The van der Waals surface area contributed by atoms with Gasteiger partial charge in [-0.3, -0.25) is 4.79 Å². The fourth-order valence-electron chi connectivity index (χ4n) is 1.97. The van der Waals surface area contributed by atoms with E-state index in [-0.39, 0.29) is 0 Å². The van der Waals surface area contributed by atoms with Crippen molar-refractivity contribution in [3.05, 3.63) is 63.6 Å². The predicted molar refractivity (Wildman–Crippen MR) is 88.7 cm³/mol. The van der Waals surface area contributed by atoms with Crippen molar-refractivity contribution >= 4 is 27.6 Å². The molecule has 0 saturated heterocycles. The first-order valence-electron chi connectivity index (χ1n) is 6.79. The van der Waals surface area contributed by atoms with E-state index in [2.05, 4.69) is 40.3 Å². The Morgan fingerprint density at radius 1 is 1.24 bits per heavy atom. The molecule has 2 aromatic rings. The van der Waals surface area contributed by atoms with Gasteiger partial charge in [-0.15, -0.1) is 0 Å². The van der Waals surface area contributed by atoms with E-state index in [1.807, 2.05) is 30.3 Å². The Morgan fingerprint density at radius 2 is 1.90 bits per heavy atom. The Kier molecular flexibility index (Phi) is 5.02. The van der Waals surface area contributed by atoms with E-state index >= 15 is 0 Å². The molecule has 1 unspecified atom stereocenters. The van der Waals surface area contributed by atoms with Gasteiger partial charge in [0.2, 0.25) is 0 Å². The largest absolute Gasteiger partial charge is 0.481 e. The molecule has 2 rings (SSSR count). The molecule has 2 aromatic carbocycles. The number of hydrogen-bond donors (Lipinski definition) is 2. The molecule has 0 spiro atoms. The molecule has 0 aliphatic carbocycles. The summed E-state index contributed by atoms with van der Waals surface area (Å²) in [6.07, 6.45) is 0. The number of halogens is 1. The molecule has 0 amide bonds. The van der Waals surface area contributed by atoms with Crippen LogP contribution in [0.4, 0.5) is 5.69 Å². The predicted octanol–water partition coefficient (Wildman–Crippen LogP) is 4.56. The van der Waals surface area contributed by atoms with Gasteiger partial charge in [-0.25, -0.2) is 0 Å². The lowest BCUT2D eigenvalue weighted by Gasteiger charge is -2.10. The van der Waals surface area contributed by atoms with Crippen LogP contribution in [0.5, 0.6) is 0 Å². The zero-order valence-electron chi connectivity index (χ0n) is 12.1. The summed E-state index contributed by atoms with van der Waals surface area (Å²) in [6.45, 7) is 4.45. The van der Waals surface area contributed by atoms with Gasteiger partial charge in [0.25, 0.3) is 0 Å². The molecule has 0 aromatic heterocycles. The summed E-state index contributed by atoms with van der Waals surface area (Å²) in [5.41, 5.74) is 4.19. The molecule has 4 heteroatoms. The Morgan fingerprint density at radius 3 is 2.48 bits per heavy atom. The molecule has 0 aliphatic rings. The molecule has 3 nitrogen and oxygen atoms in total. The van der Waals surface area contributed by atoms with Crippen LogP contribution in [0.25, 0.3) is 0 Å². The number of aryl methyl sites for hydroxylation is 1. The van der Waals surface area contributed by atoms with Gasteiger partial charge in [0, 0.05) is 16.7 Å². The summed E-state index contributed by atoms with van der Waals surface area (Å²) in [7, 11) is 0.